The second-order valence-corrected chi connectivity index (χ2v) is 4.20. The number of nitrogens with zero attached hydrogens (tertiary/aromatic N) is 1. The quantitative estimate of drug-likeness (QED) is 0.811. The highest BCUT2D eigenvalue weighted by Gasteiger charge is 2.44. The Balaban J connectivity index is 2.06. The van der Waals surface area contributed by atoms with Crippen LogP contribution in [-0.4, -0.2) is 15.3 Å². The number of hydrogen-bond acceptors (Lipinski definition) is 2. The van der Waals surface area contributed by atoms with E-state index in [-0.39, 0.29) is 5.82 Å². The lowest BCUT2D eigenvalue weighted by Gasteiger charge is -2.08. The normalized spacial score (nSPS) is 17.4. The van der Waals surface area contributed by atoms with E-state index in [1.807, 2.05) is 0 Å². The van der Waals surface area contributed by atoms with Gasteiger partial charge >= 0.3 is 0 Å². The summed E-state index contributed by atoms with van der Waals surface area (Å²) >= 11 is 0. The molecular weight excluding hydrogens is 207 g/mol. The number of H-pyrrole nitrogens is 1. The average molecular weight is 218 g/mol. The largest absolute Gasteiger partial charge is 0.385 e. The fourth-order valence-electron chi connectivity index (χ4n) is 1.86. The third-order valence-electron chi connectivity index (χ3n) is 3.00. The molecule has 1 aliphatic carbocycles. The molecule has 3 nitrogen and oxygen atoms in total. The molecule has 0 aliphatic heterocycles. The molecule has 0 bridgehead atoms. The van der Waals surface area contributed by atoms with Gasteiger partial charge < -0.3 is 5.11 Å². The molecule has 1 aromatic carbocycles. The molecule has 2 aromatic rings. The van der Waals surface area contributed by atoms with E-state index in [1.165, 1.54) is 12.1 Å². The number of nitrogens with one attached hydrogen (secondary N) is 1. The Hall–Kier alpha value is -1.68. The predicted molar refractivity (Wildman–Crippen MR) is 57.1 cm³/mol. The Labute approximate surface area is 91.9 Å². The van der Waals surface area contributed by atoms with E-state index in [2.05, 4.69) is 10.2 Å². The highest BCUT2D eigenvalue weighted by Crippen LogP contribution is 2.47. The summed E-state index contributed by atoms with van der Waals surface area (Å²) in [5, 5.41) is 16.9. The van der Waals surface area contributed by atoms with Crippen molar-refractivity contribution in [1.29, 1.82) is 0 Å². The van der Waals surface area contributed by atoms with Crippen molar-refractivity contribution in [3.63, 3.8) is 0 Å². The minimum absolute atomic E-state index is 0.269. The Kier molecular flexibility index (Phi) is 1.88. The first kappa shape index (κ1) is 9.54. The summed E-state index contributed by atoms with van der Waals surface area (Å²) in [5.41, 5.74) is 1.70. The molecular formula is C12H11FN2O. The zero-order valence-corrected chi connectivity index (χ0v) is 8.57. The molecule has 0 saturated heterocycles. The van der Waals surface area contributed by atoms with Crippen LogP contribution in [-0.2, 0) is 5.60 Å². The highest BCUT2D eigenvalue weighted by molar-refractivity contribution is 5.64. The van der Waals surface area contributed by atoms with Crippen LogP contribution >= 0.6 is 0 Å². The third-order valence-corrected chi connectivity index (χ3v) is 3.00. The lowest BCUT2D eigenvalue weighted by atomic mass is 10.0. The Morgan fingerprint density at radius 3 is 2.56 bits per heavy atom. The van der Waals surface area contributed by atoms with Gasteiger partial charge in [0.15, 0.2) is 0 Å². The van der Waals surface area contributed by atoms with Crippen LogP contribution in [0.2, 0.25) is 0 Å². The molecule has 3 rings (SSSR count). The smallest absolute Gasteiger partial charge is 0.123 e. The van der Waals surface area contributed by atoms with Gasteiger partial charge in [-0.25, -0.2) is 4.39 Å². The van der Waals surface area contributed by atoms with Gasteiger partial charge in [0.25, 0.3) is 0 Å². The van der Waals surface area contributed by atoms with E-state index >= 15 is 0 Å². The second kappa shape index (κ2) is 3.15. The Bertz CT molecular complexity index is 514. The standard InChI is InChI=1S/C12H11FN2O/c13-9-3-1-8(2-4-9)11-10(7-14-15-11)12(16)5-6-12/h1-4,7,16H,5-6H2,(H,14,15). The maximum atomic E-state index is 12.8. The van der Waals surface area contributed by atoms with Crippen molar-refractivity contribution < 1.29 is 9.50 Å². The summed E-state index contributed by atoms with van der Waals surface area (Å²) in [6, 6.07) is 6.16. The molecule has 0 unspecified atom stereocenters. The van der Waals surface area contributed by atoms with Gasteiger partial charge in [0.1, 0.15) is 5.82 Å². The van der Waals surface area contributed by atoms with Crippen LogP contribution in [0, 0.1) is 5.82 Å². The van der Waals surface area contributed by atoms with Gasteiger partial charge in [-0.15, -0.1) is 0 Å². The number of aromatic amines is 1. The van der Waals surface area contributed by atoms with Crippen molar-refractivity contribution >= 4 is 0 Å². The van der Waals surface area contributed by atoms with Gasteiger partial charge in [-0.3, -0.25) is 5.10 Å². The van der Waals surface area contributed by atoms with Crippen molar-refractivity contribution in [3.8, 4) is 11.3 Å². The van der Waals surface area contributed by atoms with Crippen LogP contribution in [0.4, 0.5) is 4.39 Å². The highest BCUT2D eigenvalue weighted by atomic mass is 19.1. The van der Waals surface area contributed by atoms with Gasteiger partial charge in [-0.1, -0.05) is 0 Å². The van der Waals surface area contributed by atoms with Crippen molar-refractivity contribution in [1.82, 2.24) is 10.2 Å². The van der Waals surface area contributed by atoms with Gasteiger partial charge in [0.05, 0.1) is 17.5 Å². The Morgan fingerprint density at radius 1 is 1.25 bits per heavy atom. The third kappa shape index (κ3) is 1.42. The van der Waals surface area contributed by atoms with Crippen LogP contribution in [0.3, 0.4) is 0 Å². The molecule has 1 aromatic heterocycles. The van der Waals surface area contributed by atoms with Gasteiger partial charge in [0, 0.05) is 11.1 Å². The van der Waals surface area contributed by atoms with Gasteiger partial charge in [-0.05, 0) is 37.1 Å². The fourth-order valence-corrected chi connectivity index (χ4v) is 1.86. The van der Waals surface area contributed by atoms with E-state index < -0.39 is 5.60 Å². The summed E-state index contributed by atoms with van der Waals surface area (Å²) in [4.78, 5) is 0. The average Bonchev–Trinajstić information content (AvgIpc) is 2.84. The molecule has 0 spiro atoms. The lowest BCUT2D eigenvalue weighted by Crippen LogP contribution is -2.04. The van der Waals surface area contributed by atoms with E-state index in [0.29, 0.717) is 0 Å². The number of benzene rings is 1. The molecule has 1 heterocycles. The van der Waals surface area contributed by atoms with E-state index in [0.717, 1.165) is 29.7 Å². The Morgan fingerprint density at radius 2 is 1.94 bits per heavy atom. The maximum Gasteiger partial charge on any atom is 0.123 e. The molecule has 82 valence electrons. The van der Waals surface area contributed by atoms with Gasteiger partial charge in [-0.2, -0.15) is 5.10 Å². The van der Waals surface area contributed by atoms with Crippen molar-refractivity contribution in [2.45, 2.75) is 18.4 Å². The van der Waals surface area contributed by atoms with Crippen LogP contribution in [0.5, 0.6) is 0 Å². The maximum absolute atomic E-state index is 12.8. The number of aromatic nitrogens is 2. The van der Waals surface area contributed by atoms with Crippen LogP contribution < -0.4 is 0 Å². The van der Waals surface area contributed by atoms with Crippen molar-refractivity contribution in [3.05, 3.63) is 41.8 Å². The monoisotopic (exact) mass is 218 g/mol. The molecule has 16 heavy (non-hydrogen) atoms. The van der Waals surface area contributed by atoms with E-state index in [9.17, 15) is 9.50 Å². The fraction of sp³-hybridized carbons (Fsp3) is 0.250. The first-order chi connectivity index (χ1) is 7.69. The number of halogens is 1. The molecule has 1 fully saturated rings. The van der Waals surface area contributed by atoms with Crippen LogP contribution in [0.15, 0.2) is 30.5 Å². The van der Waals surface area contributed by atoms with Crippen LogP contribution in [0.1, 0.15) is 18.4 Å². The second-order valence-electron chi connectivity index (χ2n) is 4.20. The first-order valence-corrected chi connectivity index (χ1v) is 5.21. The minimum Gasteiger partial charge on any atom is -0.385 e. The zero-order valence-electron chi connectivity index (χ0n) is 8.57. The zero-order chi connectivity index (χ0) is 11.2. The molecule has 2 N–H and O–H groups in total. The molecule has 0 radical (unpaired) electrons. The van der Waals surface area contributed by atoms with E-state index in [1.54, 1.807) is 18.3 Å². The number of hydrogen-bond donors (Lipinski definition) is 2. The van der Waals surface area contributed by atoms with Gasteiger partial charge in [0.2, 0.25) is 0 Å². The van der Waals surface area contributed by atoms with E-state index in [4.69, 9.17) is 0 Å². The number of aliphatic hydroxyl groups is 1. The molecule has 1 aliphatic rings. The number of rotatable bonds is 2. The summed E-state index contributed by atoms with van der Waals surface area (Å²) in [7, 11) is 0. The summed E-state index contributed by atoms with van der Waals surface area (Å²) in [6.45, 7) is 0. The lowest BCUT2D eigenvalue weighted by molar-refractivity contribution is 0.152. The summed E-state index contributed by atoms with van der Waals surface area (Å²) in [5.74, 6) is -0.269. The predicted octanol–water partition coefficient (Wildman–Crippen LogP) is 2.20. The minimum atomic E-state index is -0.725. The SMILES string of the molecule is OC1(c2cn[nH]c2-c2ccc(F)cc2)CC1. The van der Waals surface area contributed by atoms with Crippen molar-refractivity contribution in [2.75, 3.05) is 0 Å². The summed E-state index contributed by atoms with van der Waals surface area (Å²) < 4.78 is 12.8. The first-order valence-electron chi connectivity index (χ1n) is 5.21. The van der Waals surface area contributed by atoms with Crippen LogP contribution in [0.25, 0.3) is 11.3 Å². The molecule has 1 saturated carbocycles. The topological polar surface area (TPSA) is 48.9 Å². The summed E-state index contributed by atoms with van der Waals surface area (Å²) in [6.07, 6.45) is 3.17. The molecule has 0 atom stereocenters. The molecule has 0 amide bonds. The molecule has 4 heteroatoms. The van der Waals surface area contributed by atoms with Crippen molar-refractivity contribution in [2.24, 2.45) is 0 Å².